The Morgan fingerprint density at radius 1 is 1.18 bits per heavy atom. The molecule has 0 bridgehead atoms. The standard InChI is InChI=1S/C17H18ClNO2S/c18-13-6-5-12-10-22-16-4-2-1-3-14(16)17(21,15(12)9-13)11-19-7-8-20/h1-6,9,19-21H,7-8,10-11H2. The third-order valence-corrected chi connectivity index (χ3v) is 5.26. The lowest BCUT2D eigenvalue weighted by molar-refractivity contribution is 0.0757. The second-order valence-electron chi connectivity index (χ2n) is 5.35. The Labute approximate surface area is 139 Å². The second-order valence-corrected chi connectivity index (χ2v) is 6.80. The van der Waals surface area contributed by atoms with Crippen molar-refractivity contribution in [2.24, 2.45) is 0 Å². The summed E-state index contributed by atoms with van der Waals surface area (Å²) in [6, 6.07) is 13.6. The van der Waals surface area contributed by atoms with E-state index >= 15 is 0 Å². The predicted molar refractivity (Wildman–Crippen MR) is 90.4 cm³/mol. The molecule has 0 saturated carbocycles. The van der Waals surface area contributed by atoms with Gasteiger partial charge in [0.05, 0.1) is 6.61 Å². The minimum Gasteiger partial charge on any atom is -0.395 e. The molecule has 1 aliphatic rings. The maximum atomic E-state index is 11.5. The Balaban J connectivity index is 2.13. The monoisotopic (exact) mass is 335 g/mol. The van der Waals surface area contributed by atoms with Gasteiger partial charge in [-0.25, -0.2) is 0 Å². The lowest BCUT2D eigenvalue weighted by atomic mass is 9.84. The highest BCUT2D eigenvalue weighted by molar-refractivity contribution is 7.98. The predicted octanol–water partition coefficient (Wildman–Crippen LogP) is 2.76. The molecule has 0 amide bonds. The lowest BCUT2D eigenvalue weighted by Crippen LogP contribution is -2.40. The Kier molecular flexibility index (Phi) is 4.76. The molecule has 2 aromatic carbocycles. The van der Waals surface area contributed by atoms with Crippen molar-refractivity contribution in [2.45, 2.75) is 16.2 Å². The van der Waals surface area contributed by atoms with Crippen LogP contribution in [0.2, 0.25) is 5.02 Å². The summed E-state index contributed by atoms with van der Waals surface area (Å²) < 4.78 is 0. The number of fused-ring (bicyclic) bond motifs is 2. The smallest absolute Gasteiger partial charge is 0.128 e. The molecule has 1 unspecified atom stereocenters. The van der Waals surface area contributed by atoms with Gasteiger partial charge < -0.3 is 15.5 Å². The van der Waals surface area contributed by atoms with E-state index in [1.807, 2.05) is 42.5 Å². The van der Waals surface area contributed by atoms with Crippen molar-refractivity contribution in [2.75, 3.05) is 19.7 Å². The summed E-state index contributed by atoms with van der Waals surface area (Å²) in [5.74, 6) is 0.797. The molecule has 0 aromatic heterocycles. The van der Waals surface area contributed by atoms with E-state index in [-0.39, 0.29) is 6.61 Å². The number of aliphatic hydroxyl groups excluding tert-OH is 1. The highest BCUT2D eigenvalue weighted by atomic mass is 35.5. The zero-order chi connectivity index (χ0) is 15.6. The molecule has 0 aliphatic carbocycles. The van der Waals surface area contributed by atoms with Crippen LogP contribution in [0.3, 0.4) is 0 Å². The maximum absolute atomic E-state index is 11.5. The molecule has 0 spiro atoms. The highest BCUT2D eigenvalue weighted by Gasteiger charge is 2.37. The average molecular weight is 336 g/mol. The fourth-order valence-corrected chi connectivity index (χ4v) is 4.14. The van der Waals surface area contributed by atoms with Crippen LogP contribution in [0.25, 0.3) is 0 Å². The molecule has 116 valence electrons. The largest absolute Gasteiger partial charge is 0.395 e. The van der Waals surface area contributed by atoms with E-state index < -0.39 is 5.60 Å². The lowest BCUT2D eigenvalue weighted by Gasteiger charge is -2.31. The zero-order valence-electron chi connectivity index (χ0n) is 12.1. The summed E-state index contributed by atoms with van der Waals surface area (Å²) in [5.41, 5.74) is 1.64. The number of thioether (sulfide) groups is 1. The van der Waals surface area contributed by atoms with Crippen LogP contribution in [0.1, 0.15) is 16.7 Å². The van der Waals surface area contributed by atoms with Crippen LogP contribution in [0, 0.1) is 0 Å². The zero-order valence-corrected chi connectivity index (χ0v) is 13.6. The molecule has 1 aliphatic heterocycles. The normalized spacial score (nSPS) is 20.1. The van der Waals surface area contributed by atoms with Crippen LogP contribution in [-0.2, 0) is 11.4 Å². The van der Waals surface area contributed by atoms with Gasteiger partial charge in [-0.1, -0.05) is 35.9 Å². The molecule has 0 radical (unpaired) electrons. The number of hydrogen-bond donors (Lipinski definition) is 3. The van der Waals surface area contributed by atoms with Crippen molar-refractivity contribution in [3.05, 3.63) is 64.2 Å². The van der Waals surface area contributed by atoms with Gasteiger partial charge in [0.25, 0.3) is 0 Å². The van der Waals surface area contributed by atoms with Crippen LogP contribution in [0.15, 0.2) is 47.4 Å². The van der Waals surface area contributed by atoms with E-state index in [4.69, 9.17) is 16.7 Å². The summed E-state index contributed by atoms with van der Waals surface area (Å²) in [4.78, 5) is 1.07. The molecule has 5 heteroatoms. The van der Waals surface area contributed by atoms with Crippen molar-refractivity contribution >= 4 is 23.4 Å². The number of hydrogen-bond acceptors (Lipinski definition) is 4. The number of aliphatic hydroxyl groups is 2. The maximum Gasteiger partial charge on any atom is 0.128 e. The van der Waals surface area contributed by atoms with Crippen molar-refractivity contribution in [3.8, 4) is 0 Å². The molecular weight excluding hydrogens is 318 g/mol. The Morgan fingerprint density at radius 2 is 2.00 bits per heavy atom. The van der Waals surface area contributed by atoms with Gasteiger partial charge in [-0.2, -0.15) is 0 Å². The Morgan fingerprint density at radius 3 is 2.82 bits per heavy atom. The van der Waals surface area contributed by atoms with Crippen LogP contribution in [0.5, 0.6) is 0 Å². The second kappa shape index (κ2) is 6.60. The van der Waals surface area contributed by atoms with Gasteiger partial charge in [-0.15, -0.1) is 11.8 Å². The highest BCUT2D eigenvalue weighted by Crippen LogP contribution is 2.43. The number of rotatable bonds is 4. The van der Waals surface area contributed by atoms with Gasteiger partial charge in [0.15, 0.2) is 0 Å². The van der Waals surface area contributed by atoms with E-state index in [0.717, 1.165) is 27.3 Å². The first-order valence-electron chi connectivity index (χ1n) is 7.20. The molecule has 0 fully saturated rings. The summed E-state index contributed by atoms with van der Waals surface area (Å²) in [5, 5.41) is 24.2. The minimum atomic E-state index is -1.16. The SMILES string of the molecule is OCCNCC1(O)c2cc(Cl)ccc2CSc2ccccc21. The first-order chi connectivity index (χ1) is 10.6. The fraction of sp³-hybridized carbons (Fsp3) is 0.294. The van der Waals surface area contributed by atoms with Crippen LogP contribution >= 0.6 is 23.4 Å². The first kappa shape index (κ1) is 15.8. The van der Waals surface area contributed by atoms with Crippen LogP contribution in [-0.4, -0.2) is 29.9 Å². The van der Waals surface area contributed by atoms with Gasteiger partial charge in [0.2, 0.25) is 0 Å². The van der Waals surface area contributed by atoms with Gasteiger partial charge in [-0.05, 0) is 29.3 Å². The van der Waals surface area contributed by atoms with Crippen molar-refractivity contribution in [3.63, 3.8) is 0 Å². The third-order valence-electron chi connectivity index (χ3n) is 3.90. The molecule has 3 nitrogen and oxygen atoms in total. The summed E-state index contributed by atoms with van der Waals surface area (Å²) in [7, 11) is 0. The van der Waals surface area contributed by atoms with E-state index in [9.17, 15) is 5.11 Å². The third kappa shape index (κ3) is 2.90. The van der Waals surface area contributed by atoms with Crippen molar-refractivity contribution in [1.29, 1.82) is 0 Å². The van der Waals surface area contributed by atoms with Crippen molar-refractivity contribution < 1.29 is 10.2 Å². The fourth-order valence-electron chi connectivity index (χ4n) is 2.83. The first-order valence-corrected chi connectivity index (χ1v) is 8.56. The Bertz CT molecular complexity index is 679. The molecule has 3 rings (SSSR count). The molecule has 1 heterocycles. The van der Waals surface area contributed by atoms with Crippen LogP contribution < -0.4 is 5.32 Å². The summed E-state index contributed by atoms with van der Waals surface area (Å²) in [6.07, 6.45) is 0. The average Bonchev–Trinajstić information content (AvgIpc) is 2.64. The van der Waals surface area contributed by atoms with Gasteiger partial charge in [0, 0.05) is 34.3 Å². The summed E-state index contributed by atoms with van der Waals surface area (Å²) >= 11 is 7.89. The molecule has 0 saturated heterocycles. The Hall–Kier alpha value is -1.04. The van der Waals surface area contributed by atoms with Gasteiger partial charge in [-0.3, -0.25) is 0 Å². The quantitative estimate of drug-likeness (QED) is 0.752. The van der Waals surface area contributed by atoms with Crippen LogP contribution in [0.4, 0.5) is 0 Å². The van der Waals surface area contributed by atoms with E-state index in [1.54, 1.807) is 11.8 Å². The summed E-state index contributed by atoms with van der Waals surface area (Å²) in [6.45, 7) is 0.806. The van der Waals surface area contributed by atoms with E-state index in [1.165, 1.54) is 0 Å². The molecule has 3 N–H and O–H groups in total. The minimum absolute atomic E-state index is 0.0366. The molecular formula is C17H18ClNO2S. The molecule has 2 aromatic rings. The number of nitrogens with one attached hydrogen (secondary N) is 1. The van der Waals surface area contributed by atoms with Crippen molar-refractivity contribution in [1.82, 2.24) is 5.32 Å². The topological polar surface area (TPSA) is 52.5 Å². The van der Waals surface area contributed by atoms with Gasteiger partial charge >= 0.3 is 0 Å². The van der Waals surface area contributed by atoms with E-state index in [2.05, 4.69) is 5.32 Å². The van der Waals surface area contributed by atoms with E-state index in [0.29, 0.717) is 18.1 Å². The number of benzene rings is 2. The number of halogens is 1. The molecule has 1 atom stereocenters. The molecule has 22 heavy (non-hydrogen) atoms. The van der Waals surface area contributed by atoms with Gasteiger partial charge in [0.1, 0.15) is 5.60 Å².